The van der Waals surface area contributed by atoms with E-state index in [-0.39, 0.29) is 53.8 Å². The first-order valence-electron chi connectivity index (χ1n) is 13.7. The Kier molecular flexibility index (Phi) is 11.2. The van der Waals surface area contributed by atoms with Crippen molar-refractivity contribution in [3.8, 4) is 0 Å². The summed E-state index contributed by atoms with van der Waals surface area (Å²) in [5.74, 6) is 0.664. The fourth-order valence-electron chi connectivity index (χ4n) is 4.50. The summed E-state index contributed by atoms with van der Waals surface area (Å²) in [6, 6.07) is 17.0. The lowest BCUT2D eigenvalue weighted by atomic mass is 10.1. The van der Waals surface area contributed by atoms with Crippen molar-refractivity contribution < 1.29 is 33.0 Å². The van der Waals surface area contributed by atoms with E-state index in [1.165, 1.54) is 12.7 Å². The first kappa shape index (κ1) is 32.3. The van der Waals surface area contributed by atoms with Crippen molar-refractivity contribution in [3.05, 3.63) is 84.4 Å². The third kappa shape index (κ3) is 8.11. The number of rotatable bonds is 14. The van der Waals surface area contributed by atoms with E-state index in [0.29, 0.717) is 22.3 Å². The molecule has 4 aromatic rings. The number of hydrogen-bond donors (Lipinski definition) is 3. The molecule has 3 atom stereocenters. The maximum atomic E-state index is 14.0. The van der Waals surface area contributed by atoms with Crippen molar-refractivity contribution >= 4 is 58.5 Å². The van der Waals surface area contributed by atoms with Crippen LogP contribution in [0, 0.1) is 0 Å². The van der Waals surface area contributed by atoms with Crippen LogP contribution in [0.3, 0.4) is 0 Å². The number of aliphatic hydroxyl groups excluding tert-OH is 1. The van der Waals surface area contributed by atoms with Gasteiger partial charge < -0.3 is 15.6 Å². The highest BCUT2D eigenvalue weighted by Crippen LogP contribution is 2.47. The molecule has 0 aliphatic carbocycles. The predicted octanol–water partition coefficient (Wildman–Crippen LogP) is 3.94. The number of fused-ring (bicyclic) bond motifs is 1. The van der Waals surface area contributed by atoms with Gasteiger partial charge in [-0.2, -0.15) is 0 Å². The monoisotopic (exact) mass is 658 g/mol. The summed E-state index contributed by atoms with van der Waals surface area (Å²) < 4.78 is 33.2. The van der Waals surface area contributed by atoms with Crippen LogP contribution in [-0.2, 0) is 18.3 Å². The van der Waals surface area contributed by atoms with E-state index >= 15 is 0 Å². The van der Waals surface area contributed by atoms with Crippen molar-refractivity contribution in [2.75, 3.05) is 37.1 Å². The van der Waals surface area contributed by atoms with Crippen LogP contribution in [-0.4, -0.2) is 78.3 Å². The van der Waals surface area contributed by atoms with Gasteiger partial charge in [-0.05, 0) is 0 Å². The van der Waals surface area contributed by atoms with Gasteiger partial charge in [-0.1, -0.05) is 84.2 Å². The zero-order valence-corrected chi connectivity index (χ0v) is 26.0. The molecule has 0 amide bonds. The molecule has 2 aromatic carbocycles. The Morgan fingerprint density at radius 3 is 2.14 bits per heavy atom. The third-order valence-corrected chi connectivity index (χ3v) is 10.0. The predicted molar refractivity (Wildman–Crippen MR) is 168 cm³/mol. The Labute approximate surface area is 261 Å². The summed E-state index contributed by atoms with van der Waals surface area (Å²) in [6.07, 6.45) is 1.72. The Morgan fingerprint density at radius 1 is 0.977 bits per heavy atom. The van der Waals surface area contributed by atoms with Gasteiger partial charge in [-0.15, -0.1) is 0 Å². The highest BCUT2D eigenvalue weighted by molar-refractivity contribution is 8.14. The lowest BCUT2D eigenvalue weighted by Gasteiger charge is -2.24. The number of hydrogen-bond acceptors (Lipinski definition) is 13. The molecule has 3 heterocycles. The number of imidazole rings is 1. The summed E-state index contributed by atoms with van der Waals surface area (Å²) >= 11 is 2.07. The highest BCUT2D eigenvalue weighted by atomic mass is 32.2. The number of nitrogen functional groups attached to an aromatic ring is 1. The second-order valence-corrected chi connectivity index (χ2v) is 13.4. The Balaban J connectivity index is 1.23. The molecule has 3 unspecified atom stereocenters. The SMILES string of the molecule is Nc1ncnc2c1ncn2C1CC(NP(=O)(OCCSC(=O)c2ccccc2)OCCSC(=O)c2ccccc2)C(CO)O1. The summed E-state index contributed by atoms with van der Waals surface area (Å²) in [5.41, 5.74) is 7.88. The zero-order chi connectivity index (χ0) is 30.9. The number of thioether (sulfide) groups is 2. The maximum Gasteiger partial charge on any atom is 0.405 e. The van der Waals surface area contributed by atoms with Gasteiger partial charge in [0.1, 0.15) is 18.1 Å². The van der Waals surface area contributed by atoms with Crippen LogP contribution in [0.15, 0.2) is 73.3 Å². The number of ether oxygens (including phenoxy) is 1. The van der Waals surface area contributed by atoms with Crippen molar-refractivity contribution in [1.29, 1.82) is 0 Å². The van der Waals surface area contributed by atoms with Gasteiger partial charge in [0.05, 0.1) is 38.3 Å². The van der Waals surface area contributed by atoms with Crippen molar-refractivity contribution in [1.82, 2.24) is 24.6 Å². The van der Waals surface area contributed by atoms with Crippen LogP contribution >= 0.6 is 31.3 Å². The standard InChI is InChI=1S/C28H31N6O7PS2/c29-25-24-26(31-17-30-25)34(18-32-24)23-15-21(22(16-35)41-23)33-42(38,39-11-13-43-27(36)19-7-3-1-4-8-19)40-12-14-44-28(37)20-9-5-2-6-10-20/h1-10,17-18,21-23,35H,11-16H2,(H,33,38)(H2,29,30,31). The molecule has 1 fully saturated rings. The molecular weight excluding hydrogens is 627 g/mol. The summed E-state index contributed by atoms with van der Waals surface area (Å²) in [4.78, 5) is 37.4. The van der Waals surface area contributed by atoms with Crippen molar-refractivity contribution in [3.63, 3.8) is 0 Å². The topological polar surface area (TPSA) is 181 Å². The van der Waals surface area contributed by atoms with Gasteiger partial charge in [-0.25, -0.2) is 24.6 Å². The number of aliphatic hydroxyl groups is 1. The Hall–Kier alpha value is -3.14. The molecule has 1 saturated heterocycles. The number of anilines is 1. The molecule has 5 rings (SSSR count). The molecule has 0 bridgehead atoms. The van der Waals surface area contributed by atoms with Crippen LogP contribution in [0.5, 0.6) is 0 Å². The van der Waals surface area contributed by atoms with Gasteiger partial charge in [0.2, 0.25) is 10.2 Å². The lowest BCUT2D eigenvalue weighted by molar-refractivity contribution is -0.0246. The van der Waals surface area contributed by atoms with Crippen molar-refractivity contribution in [2.24, 2.45) is 0 Å². The first-order valence-corrected chi connectivity index (χ1v) is 17.2. The van der Waals surface area contributed by atoms with Gasteiger partial charge >= 0.3 is 7.75 Å². The molecule has 0 spiro atoms. The van der Waals surface area contributed by atoms with Crippen LogP contribution in [0.25, 0.3) is 11.2 Å². The summed E-state index contributed by atoms with van der Waals surface area (Å²) in [5, 5.41) is 12.7. The van der Waals surface area contributed by atoms with E-state index in [4.69, 9.17) is 19.5 Å². The number of nitrogens with zero attached hydrogens (tertiary/aromatic N) is 4. The first-order chi connectivity index (χ1) is 21.4. The van der Waals surface area contributed by atoms with E-state index in [1.54, 1.807) is 53.1 Å². The third-order valence-electron chi connectivity index (χ3n) is 6.61. The molecule has 13 nitrogen and oxygen atoms in total. The van der Waals surface area contributed by atoms with Crippen molar-refractivity contribution in [2.45, 2.75) is 24.8 Å². The van der Waals surface area contributed by atoms with Gasteiger partial charge in [-0.3, -0.25) is 23.2 Å². The molecule has 2 aromatic heterocycles. The van der Waals surface area contributed by atoms with E-state index in [2.05, 4.69) is 20.0 Å². The average Bonchev–Trinajstić information content (AvgIpc) is 3.66. The lowest BCUT2D eigenvalue weighted by Crippen LogP contribution is -2.37. The van der Waals surface area contributed by atoms with E-state index in [1.807, 2.05) is 12.1 Å². The Bertz CT molecular complexity index is 1550. The second kappa shape index (κ2) is 15.2. The molecular formula is C28H31N6O7PS2. The minimum absolute atomic E-state index is 0.0627. The zero-order valence-electron chi connectivity index (χ0n) is 23.4. The number of nitrogens with two attached hydrogens (primary N) is 1. The molecule has 0 saturated carbocycles. The van der Waals surface area contributed by atoms with Gasteiger partial charge in [0.25, 0.3) is 0 Å². The minimum atomic E-state index is -4.00. The number of carbonyl (C=O) groups is 2. The summed E-state index contributed by atoms with van der Waals surface area (Å²) in [7, 11) is -4.00. The minimum Gasteiger partial charge on any atom is -0.394 e. The normalized spacial score (nSPS) is 18.5. The Morgan fingerprint density at radius 2 is 1.57 bits per heavy atom. The second-order valence-electron chi connectivity index (χ2n) is 9.53. The van der Waals surface area contributed by atoms with Crippen LogP contribution in [0.2, 0.25) is 0 Å². The summed E-state index contributed by atoms with van der Waals surface area (Å²) in [6.45, 7) is -0.500. The fraction of sp³-hybridized carbons (Fsp3) is 0.321. The quantitative estimate of drug-likeness (QED) is 0.131. The van der Waals surface area contributed by atoms with Gasteiger partial charge in [0.15, 0.2) is 11.5 Å². The molecule has 16 heteroatoms. The molecule has 1 aliphatic rings. The van der Waals surface area contributed by atoms with Gasteiger partial charge in [0, 0.05) is 29.1 Å². The van der Waals surface area contributed by atoms with Crippen LogP contribution in [0.4, 0.5) is 5.82 Å². The van der Waals surface area contributed by atoms with Crippen LogP contribution < -0.4 is 10.8 Å². The molecule has 232 valence electrons. The number of benzene rings is 2. The van der Waals surface area contributed by atoms with Crippen LogP contribution in [0.1, 0.15) is 33.4 Å². The fourth-order valence-corrected chi connectivity index (χ4v) is 7.62. The average molecular weight is 659 g/mol. The smallest absolute Gasteiger partial charge is 0.394 e. The van der Waals surface area contributed by atoms with E-state index < -0.39 is 26.1 Å². The number of nitrogens with one attached hydrogen (secondary N) is 1. The molecule has 44 heavy (non-hydrogen) atoms. The van der Waals surface area contributed by atoms with E-state index in [9.17, 15) is 19.3 Å². The molecule has 0 radical (unpaired) electrons. The number of aromatic nitrogens is 4. The molecule has 4 N–H and O–H groups in total. The molecule has 1 aliphatic heterocycles. The number of carbonyl (C=O) groups excluding carboxylic acids is 2. The maximum absolute atomic E-state index is 14.0. The van der Waals surface area contributed by atoms with E-state index in [0.717, 1.165) is 23.5 Å². The highest BCUT2D eigenvalue weighted by Gasteiger charge is 2.41. The largest absolute Gasteiger partial charge is 0.405 e.